The van der Waals surface area contributed by atoms with Crippen molar-refractivity contribution in [2.24, 2.45) is 0 Å². The van der Waals surface area contributed by atoms with Gasteiger partial charge in [0.2, 0.25) is 5.95 Å². The van der Waals surface area contributed by atoms with E-state index in [0.717, 1.165) is 16.8 Å². The quantitative estimate of drug-likeness (QED) is 0.861. The average molecular weight is 285 g/mol. The van der Waals surface area contributed by atoms with Crippen LogP contribution < -0.4 is 10.6 Å². The number of nitrogens with two attached hydrogens (primary N) is 1. The Balaban J connectivity index is 2.29. The molecular formula is C11H17BrN4. The molecule has 0 bridgehead atoms. The summed E-state index contributed by atoms with van der Waals surface area (Å²) in [5, 5.41) is 0. The molecule has 1 unspecified atom stereocenters. The number of rotatable bonds is 1. The number of nitrogen functional groups attached to an aromatic ring is 1. The van der Waals surface area contributed by atoms with Gasteiger partial charge in [0.15, 0.2) is 0 Å². The van der Waals surface area contributed by atoms with E-state index >= 15 is 0 Å². The summed E-state index contributed by atoms with van der Waals surface area (Å²) in [6.45, 7) is 3.30. The highest BCUT2D eigenvalue weighted by atomic mass is 79.9. The van der Waals surface area contributed by atoms with Gasteiger partial charge >= 0.3 is 0 Å². The van der Waals surface area contributed by atoms with Crippen molar-refractivity contribution in [1.29, 1.82) is 0 Å². The summed E-state index contributed by atoms with van der Waals surface area (Å²) in [7, 11) is 0. The molecule has 88 valence electrons. The first-order chi connectivity index (χ1) is 7.68. The molecule has 1 aromatic heterocycles. The predicted molar refractivity (Wildman–Crippen MR) is 69.4 cm³/mol. The number of aromatic nitrogens is 2. The normalized spacial score (nSPS) is 21.9. The van der Waals surface area contributed by atoms with Crippen molar-refractivity contribution in [1.82, 2.24) is 9.97 Å². The Bertz CT molecular complexity index is 369. The van der Waals surface area contributed by atoms with Crippen LogP contribution in [-0.2, 0) is 0 Å². The number of halogens is 1. The van der Waals surface area contributed by atoms with Gasteiger partial charge in [-0.05, 0) is 35.7 Å². The van der Waals surface area contributed by atoms with Crippen molar-refractivity contribution < 1.29 is 0 Å². The van der Waals surface area contributed by atoms with E-state index in [1.807, 2.05) is 0 Å². The summed E-state index contributed by atoms with van der Waals surface area (Å²) in [6.07, 6.45) is 6.78. The molecule has 2 N–H and O–H groups in total. The summed E-state index contributed by atoms with van der Waals surface area (Å²) >= 11 is 3.50. The molecule has 1 aliphatic rings. The number of anilines is 2. The van der Waals surface area contributed by atoms with Crippen LogP contribution >= 0.6 is 15.9 Å². The molecule has 1 aromatic rings. The average Bonchev–Trinajstić information content (AvgIpc) is 2.47. The van der Waals surface area contributed by atoms with E-state index in [-0.39, 0.29) is 0 Å². The van der Waals surface area contributed by atoms with Gasteiger partial charge in [-0.25, -0.2) is 4.98 Å². The van der Waals surface area contributed by atoms with Gasteiger partial charge in [-0.15, -0.1) is 0 Å². The lowest BCUT2D eigenvalue weighted by molar-refractivity contribution is 0.610. The van der Waals surface area contributed by atoms with Crippen LogP contribution in [0.4, 0.5) is 11.8 Å². The van der Waals surface area contributed by atoms with Crippen LogP contribution in [0.5, 0.6) is 0 Å². The van der Waals surface area contributed by atoms with Crippen molar-refractivity contribution in [2.75, 3.05) is 17.2 Å². The lowest BCUT2D eigenvalue weighted by Gasteiger charge is -2.29. The highest BCUT2D eigenvalue weighted by Crippen LogP contribution is 2.28. The first-order valence-corrected chi connectivity index (χ1v) is 6.52. The molecule has 2 heterocycles. The molecule has 4 nitrogen and oxygen atoms in total. The molecule has 5 heteroatoms. The summed E-state index contributed by atoms with van der Waals surface area (Å²) in [6, 6.07) is 0.521. The molecule has 1 fully saturated rings. The summed E-state index contributed by atoms with van der Waals surface area (Å²) in [5.74, 6) is 1.27. The highest BCUT2D eigenvalue weighted by Gasteiger charge is 2.20. The Morgan fingerprint density at radius 1 is 1.44 bits per heavy atom. The van der Waals surface area contributed by atoms with Crippen molar-refractivity contribution in [3.8, 4) is 0 Å². The minimum absolute atomic E-state index is 0.342. The molecule has 1 saturated heterocycles. The van der Waals surface area contributed by atoms with Crippen molar-refractivity contribution in [2.45, 2.75) is 38.6 Å². The van der Waals surface area contributed by atoms with E-state index in [0.29, 0.717) is 12.0 Å². The highest BCUT2D eigenvalue weighted by molar-refractivity contribution is 9.10. The fourth-order valence-electron chi connectivity index (χ4n) is 2.16. The Kier molecular flexibility index (Phi) is 3.63. The van der Waals surface area contributed by atoms with Crippen LogP contribution in [0.15, 0.2) is 10.7 Å². The minimum Gasteiger partial charge on any atom is -0.368 e. The molecule has 16 heavy (non-hydrogen) atoms. The summed E-state index contributed by atoms with van der Waals surface area (Å²) in [5.41, 5.74) is 5.65. The number of hydrogen-bond donors (Lipinski definition) is 1. The van der Waals surface area contributed by atoms with Gasteiger partial charge < -0.3 is 10.6 Å². The monoisotopic (exact) mass is 284 g/mol. The first kappa shape index (κ1) is 11.6. The molecule has 2 rings (SSSR count). The van der Waals surface area contributed by atoms with Crippen LogP contribution in [0.25, 0.3) is 0 Å². The smallest absolute Gasteiger partial charge is 0.222 e. The lowest BCUT2D eigenvalue weighted by Crippen LogP contribution is -2.33. The van der Waals surface area contributed by atoms with E-state index in [2.05, 4.69) is 37.7 Å². The number of nitrogens with zero attached hydrogens (tertiary/aromatic N) is 3. The second-order valence-corrected chi connectivity index (χ2v) is 5.15. The van der Waals surface area contributed by atoms with Crippen molar-refractivity contribution in [3.05, 3.63) is 10.7 Å². The van der Waals surface area contributed by atoms with Crippen LogP contribution in [-0.4, -0.2) is 22.6 Å². The van der Waals surface area contributed by atoms with E-state index in [1.54, 1.807) is 6.20 Å². The van der Waals surface area contributed by atoms with Gasteiger partial charge in [0, 0.05) is 18.8 Å². The van der Waals surface area contributed by atoms with Gasteiger partial charge in [-0.1, -0.05) is 12.8 Å². The second-order valence-electron chi connectivity index (χ2n) is 4.29. The zero-order chi connectivity index (χ0) is 11.5. The van der Waals surface area contributed by atoms with Crippen LogP contribution in [0.2, 0.25) is 0 Å². The zero-order valence-corrected chi connectivity index (χ0v) is 11.1. The molecule has 0 spiro atoms. The molecule has 0 radical (unpaired) electrons. The molecule has 1 atom stereocenters. The summed E-state index contributed by atoms with van der Waals surface area (Å²) < 4.78 is 0.926. The van der Waals surface area contributed by atoms with Gasteiger partial charge in [-0.3, -0.25) is 0 Å². The molecule has 1 aliphatic heterocycles. The second kappa shape index (κ2) is 4.99. The maximum Gasteiger partial charge on any atom is 0.222 e. The fraction of sp³-hybridized carbons (Fsp3) is 0.636. The van der Waals surface area contributed by atoms with Gasteiger partial charge in [0.1, 0.15) is 5.82 Å². The zero-order valence-electron chi connectivity index (χ0n) is 9.49. The van der Waals surface area contributed by atoms with E-state index in [1.165, 1.54) is 25.7 Å². The fourth-order valence-corrected chi connectivity index (χ4v) is 2.58. The van der Waals surface area contributed by atoms with Crippen molar-refractivity contribution in [3.63, 3.8) is 0 Å². The Hall–Kier alpha value is -0.840. The summed E-state index contributed by atoms with van der Waals surface area (Å²) in [4.78, 5) is 10.6. The molecule has 0 amide bonds. The lowest BCUT2D eigenvalue weighted by atomic mass is 10.1. The minimum atomic E-state index is 0.342. The van der Waals surface area contributed by atoms with E-state index in [4.69, 9.17) is 5.73 Å². The molecule has 0 saturated carbocycles. The Labute approximate surface area is 104 Å². The first-order valence-electron chi connectivity index (χ1n) is 5.73. The van der Waals surface area contributed by atoms with Crippen LogP contribution in [0, 0.1) is 0 Å². The maximum atomic E-state index is 5.65. The van der Waals surface area contributed by atoms with Crippen molar-refractivity contribution >= 4 is 27.7 Å². The number of hydrogen-bond acceptors (Lipinski definition) is 4. The van der Waals surface area contributed by atoms with E-state index < -0.39 is 0 Å². The van der Waals surface area contributed by atoms with Gasteiger partial charge in [0.25, 0.3) is 0 Å². The van der Waals surface area contributed by atoms with Gasteiger partial charge in [-0.2, -0.15) is 4.98 Å². The standard InChI is InChI=1S/C11H17BrN4/c1-8-5-3-2-4-6-16(8)10-9(12)7-14-11(13)15-10/h7-8H,2-6H2,1H3,(H2,13,14,15). The molecule has 0 aliphatic carbocycles. The van der Waals surface area contributed by atoms with Crippen LogP contribution in [0.1, 0.15) is 32.6 Å². The largest absolute Gasteiger partial charge is 0.368 e. The van der Waals surface area contributed by atoms with Crippen LogP contribution in [0.3, 0.4) is 0 Å². The molecule has 0 aromatic carbocycles. The van der Waals surface area contributed by atoms with E-state index in [9.17, 15) is 0 Å². The third kappa shape index (κ3) is 2.45. The third-order valence-corrected chi connectivity index (χ3v) is 3.63. The Morgan fingerprint density at radius 3 is 3.06 bits per heavy atom. The molecular weight excluding hydrogens is 268 g/mol. The SMILES string of the molecule is CC1CCCCCN1c1nc(N)ncc1Br. The predicted octanol–water partition coefficient (Wildman–Crippen LogP) is 2.59. The van der Waals surface area contributed by atoms with Gasteiger partial charge in [0.05, 0.1) is 4.47 Å². The third-order valence-electron chi connectivity index (χ3n) is 3.07. The Morgan fingerprint density at radius 2 is 2.25 bits per heavy atom. The topological polar surface area (TPSA) is 55.0 Å². The maximum absolute atomic E-state index is 5.65.